The molecule has 5 nitrogen and oxygen atoms in total. The van der Waals surface area contributed by atoms with Crippen LogP contribution in [0.25, 0.3) is 0 Å². The van der Waals surface area contributed by atoms with Crippen molar-refractivity contribution in [1.29, 1.82) is 0 Å². The van der Waals surface area contributed by atoms with Crippen LogP contribution in [0.15, 0.2) is 0 Å². The fraction of sp³-hybridized carbons (Fsp3) is 1.00. The molecule has 0 unspecified atom stereocenters. The fourth-order valence-corrected chi connectivity index (χ4v) is 3.78. The average molecular weight is 228 g/mol. The van der Waals surface area contributed by atoms with E-state index in [-0.39, 0.29) is 11.5 Å². The van der Waals surface area contributed by atoms with Gasteiger partial charge in [-0.25, -0.2) is 16.8 Å². The van der Waals surface area contributed by atoms with Crippen molar-refractivity contribution in [3.63, 3.8) is 0 Å². The molecule has 0 aliphatic rings. The standard InChI is InChI=1S/C6H14NO4S2/c1-3-5-12(8,9)7-13(10,11)6-4-2/h3-6H2,1-2H3. The Labute approximate surface area is 79.6 Å². The largest absolute Gasteiger partial charge is 0.242 e. The molecule has 0 spiro atoms. The third-order valence-electron chi connectivity index (χ3n) is 1.15. The molecule has 1 radical (unpaired) electrons. The molecule has 0 rings (SSSR count). The second kappa shape index (κ2) is 4.92. The van der Waals surface area contributed by atoms with Gasteiger partial charge >= 0.3 is 0 Å². The molecule has 0 aliphatic carbocycles. The Hall–Kier alpha value is -0.140. The number of sulfonamides is 2. The van der Waals surface area contributed by atoms with E-state index in [1.165, 1.54) is 0 Å². The highest BCUT2D eigenvalue weighted by Crippen LogP contribution is 1.98. The summed E-state index contributed by atoms with van der Waals surface area (Å²) >= 11 is 0. The summed E-state index contributed by atoms with van der Waals surface area (Å²) in [4.78, 5) is 0. The minimum Gasteiger partial charge on any atom is -0.210 e. The van der Waals surface area contributed by atoms with Crippen LogP contribution < -0.4 is 4.13 Å². The molecule has 0 aliphatic heterocycles. The third-order valence-corrected chi connectivity index (χ3v) is 4.82. The van der Waals surface area contributed by atoms with E-state index in [9.17, 15) is 16.8 Å². The molecule has 0 fully saturated rings. The predicted octanol–water partition coefficient (Wildman–Crippen LogP) is 0.0704. The molecular weight excluding hydrogens is 214 g/mol. The van der Waals surface area contributed by atoms with Gasteiger partial charge in [-0.1, -0.05) is 13.8 Å². The van der Waals surface area contributed by atoms with Gasteiger partial charge in [0.2, 0.25) is 20.0 Å². The van der Waals surface area contributed by atoms with Crippen molar-refractivity contribution in [1.82, 2.24) is 4.13 Å². The monoisotopic (exact) mass is 228 g/mol. The Bertz CT molecular complexity index is 296. The lowest BCUT2D eigenvalue weighted by Gasteiger charge is -2.01. The zero-order valence-corrected chi connectivity index (χ0v) is 9.36. The van der Waals surface area contributed by atoms with Gasteiger partial charge in [-0.2, -0.15) is 0 Å². The Balaban J connectivity index is 4.44. The molecule has 13 heavy (non-hydrogen) atoms. The van der Waals surface area contributed by atoms with Crippen molar-refractivity contribution < 1.29 is 16.8 Å². The van der Waals surface area contributed by atoms with Crippen molar-refractivity contribution in [2.24, 2.45) is 0 Å². The van der Waals surface area contributed by atoms with Crippen LogP contribution in [0, 0.1) is 0 Å². The van der Waals surface area contributed by atoms with Gasteiger partial charge in [-0.15, -0.1) is 0 Å². The van der Waals surface area contributed by atoms with Crippen LogP contribution in [-0.4, -0.2) is 28.3 Å². The Kier molecular flexibility index (Phi) is 4.87. The van der Waals surface area contributed by atoms with Gasteiger partial charge in [-0.05, 0) is 12.8 Å². The highest BCUT2D eigenvalue weighted by Gasteiger charge is 2.21. The summed E-state index contributed by atoms with van der Waals surface area (Å²) in [5.74, 6) is -0.425. The summed E-state index contributed by atoms with van der Waals surface area (Å²) in [5, 5.41) is 0. The van der Waals surface area contributed by atoms with Gasteiger partial charge in [0.15, 0.2) is 0 Å². The maximum absolute atomic E-state index is 11.0. The Morgan fingerprint density at radius 2 is 1.15 bits per heavy atom. The van der Waals surface area contributed by atoms with E-state index in [0.29, 0.717) is 12.8 Å². The summed E-state index contributed by atoms with van der Waals surface area (Å²) in [5.41, 5.74) is 0. The second-order valence-electron chi connectivity index (χ2n) is 2.65. The molecule has 0 aromatic rings. The van der Waals surface area contributed by atoms with Crippen molar-refractivity contribution in [3.05, 3.63) is 0 Å². The number of nitrogens with zero attached hydrogens (tertiary/aromatic N) is 1. The number of rotatable bonds is 6. The first-order valence-corrected chi connectivity index (χ1v) is 7.24. The van der Waals surface area contributed by atoms with Gasteiger partial charge in [0.25, 0.3) is 0 Å². The van der Waals surface area contributed by atoms with Crippen LogP contribution in [0.4, 0.5) is 0 Å². The molecule has 0 aromatic carbocycles. The molecule has 0 saturated heterocycles. The van der Waals surface area contributed by atoms with Crippen molar-refractivity contribution in [2.75, 3.05) is 11.5 Å². The zero-order chi connectivity index (χ0) is 10.5. The first kappa shape index (κ1) is 12.9. The van der Waals surface area contributed by atoms with Crippen LogP contribution in [0.3, 0.4) is 0 Å². The molecule has 0 N–H and O–H groups in total. The predicted molar refractivity (Wildman–Crippen MR) is 50.3 cm³/mol. The van der Waals surface area contributed by atoms with Crippen molar-refractivity contribution in [2.45, 2.75) is 26.7 Å². The molecule has 7 heteroatoms. The molecule has 0 bridgehead atoms. The lowest BCUT2D eigenvalue weighted by Crippen LogP contribution is -2.27. The topological polar surface area (TPSA) is 82.4 Å². The smallest absolute Gasteiger partial charge is 0.210 e. The molecule has 79 valence electrons. The molecular formula is C6H14NO4S2. The number of hydrogen-bond acceptors (Lipinski definition) is 4. The third kappa shape index (κ3) is 6.00. The number of hydrogen-bond donors (Lipinski definition) is 0. The molecule has 0 atom stereocenters. The summed E-state index contributed by atoms with van der Waals surface area (Å²) in [6.07, 6.45) is 0.737. The van der Waals surface area contributed by atoms with E-state index in [1.807, 2.05) is 0 Å². The van der Waals surface area contributed by atoms with E-state index in [1.54, 1.807) is 13.8 Å². The maximum Gasteiger partial charge on any atom is 0.242 e. The van der Waals surface area contributed by atoms with Gasteiger partial charge in [0.05, 0.1) is 11.5 Å². The van der Waals surface area contributed by atoms with E-state index in [2.05, 4.69) is 4.13 Å². The van der Waals surface area contributed by atoms with E-state index < -0.39 is 20.0 Å². The Morgan fingerprint density at radius 3 is 1.38 bits per heavy atom. The lowest BCUT2D eigenvalue weighted by atomic mass is 10.6. The fourth-order valence-electron chi connectivity index (χ4n) is 0.763. The summed E-state index contributed by atoms with van der Waals surface area (Å²) in [6, 6.07) is 0. The summed E-state index contributed by atoms with van der Waals surface area (Å²) in [6.45, 7) is 3.30. The van der Waals surface area contributed by atoms with Crippen molar-refractivity contribution in [3.8, 4) is 0 Å². The highest BCUT2D eigenvalue weighted by molar-refractivity contribution is 8.04. The minimum absolute atomic E-state index is 0.212. The quantitative estimate of drug-likeness (QED) is 0.644. The molecule has 0 amide bonds. The van der Waals surface area contributed by atoms with E-state index >= 15 is 0 Å². The SMILES string of the molecule is CCCS(=O)(=O)[N]S(=O)(=O)CCC. The highest BCUT2D eigenvalue weighted by atomic mass is 32.3. The van der Waals surface area contributed by atoms with Crippen LogP contribution >= 0.6 is 0 Å². The normalized spacial score (nSPS) is 13.1. The molecule has 0 saturated carbocycles. The lowest BCUT2D eigenvalue weighted by molar-refractivity contribution is 0.574. The summed E-state index contributed by atoms with van der Waals surface area (Å²) in [7, 11) is -7.55. The van der Waals surface area contributed by atoms with Crippen molar-refractivity contribution >= 4 is 20.0 Å². The zero-order valence-electron chi connectivity index (χ0n) is 7.73. The van der Waals surface area contributed by atoms with Gasteiger partial charge in [0, 0.05) is 4.13 Å². The summed E-state index contributed by atoms with van der Waals surface area (Å²) < 4.78 is 46.8. The molecule has 0 heterocycles. The first-order valence-electron chi connectivity index (χ1n) is 4.02. The van der Waals surface area contributed by atoms with Crippen LogP contribution in [-0.2, 0) is 20.0 Å². The maximum atomic E-state index is 11.0. The average Bonchev–Trinajstić information content (AvgIpc) is 1.82. The first-order chi connectivity index (χ1) is 5.83. The van der Waals surface area contributed by atoms with E-state index in [4.69, 9.17) is 0 Å². The van der Waals surface area contributed by atoms with Crippen LogP contribution in [0.5, 0.6) is 0 Å². The van der Waals surface area contributed by atoms with Crippen LogP contribution in [0.1, 0.15) is 26.7 Å². The van der Waals surface area contributed by atoms with Gasteiger partial charge in [0.1, 0.15) is 0 Å². The minimum atomic E-state index is -3.77. The van der Waals surface area contributed by atoms with E-state index in [0.717, 1.165) is 0 Å². The Morgan fingerprint density at radius 1 is 0.846 bits per heavy atom. The van der Waals surface area contributed by atoms with Gasteiger partial charge < -0.3 is 0 Å². The van der Waals surface area contributed by atoms with Gasteiger partial charge in [-0.3, -0.25) is 0 Å². The second-order valence-corrected chi connectivity index (χ2v) is 6.39. The molecule has 0 aromatic heterocycles. The van der Waals surface area contributed by atoms with Crippen LogP contribution in [0.2, 0.25) is 0 Å².